The molecule has 0 fully saturated rings. The fourth-order valence-corrected chi connectivity index (χ4v) is 2.24. The fourth-order valence-electron chi connectivity index (χ4n) is 2.24. The zero-order valence-electron chi connectivity index (χ0n) is 15.4. The number of benzene rings is 2. The van der Waals surface area contributed by atoms with E-state index < -0.39 is 6.10 Å². The molecule has 4 nitrogen and oxygen atoms in total. The normalized spacial score (nSPS) is 11.9. The van der Waals surface area contributed by atoms with Crippen molar-refractivity contribution in [1.29, 1.82) is 0 Å². The van der Waals surface area contributed by atoms with Gasteiger partial charge in [-0.3, -0.25) is 4.79 Å². The molecule has 2 rings (SSSR count). The SMILES string of the molecule is Cc1cccc(OC(C)C(=O)Nc2ccc(OCCC(C)C)cc2)c1. The lowest BCUT2D eigenvalue weighted by Gasteiger charge is -2.15. The molecular formula is C21H27NO3. The van der Waals surface area contributed by atoms with Crippen LogP contribution < -0.4 is 14.8 Å². The maximum atomic E-state index is 12.3. The lowest BCUT2D eigenvalue weighted by molar-refractivity contribution is -0.122. The van der Waals surface area contributed by atoms with E-state index in [1.54, 1.807) is 6.92 Å². The van der Waals surface area contributed by atoms with Crippen LogP contribution in [-0.2, 0) is 4.79 Å². The predicted octanol–water partition coefficient (Wildman–Crippen LogP) is 4.83. The Kier molecular flexibility index (Phi) is 6.87. The Bertz CT molecular complexity index is 680. The number of nitrogens with one attached hydrogen (secondary N) is 1. The Morgan fingerprint density at radius 2 is 1.76 bits per heavy atom. The highest BCUT2D eigenvalue weighted by Gasteiger charge is 2.15. The Morgan fingerprint density at radius 3 is 2.40 bits per heavy atom. The number of hydrogen-bond donors (Lipinski definition) is 1. The van der Waals surface area contributed by atoms with Crippen LogP contribution in [0.3, 0.4) is 0 Å². The first-order chi connectivity index (χ1) is 11.9. The van der Waals surface area contributed by atoms with Crippen molar-refractivity contribution in [2.75, 3.05) is 11.9 Å². The highest BCUT2D eigenvalue weighted by molar-refractivity contribution is 5.94. The Labute approximate surface area is 150 Å². The van der Waals surface area contributed by atoms with Crippen LogP contribution in [-0.4, -0.2) is 18.6 Å². The van der Waals surface area contributed by atoms with Gasteiger partial charge in [0.2, 0.25) is 0 Å². The van der Waals surface area contributed by atoms with Crippen molar-refractivity contribution in [3.05, 3.63) is 54.1 Å². The molecule has 0 aromatic heterocycles. The molecule has 1 amide bonds. The Morgan fingerprint density at radius 1 is 1.04 bits per heavy atom. The highest BCUT2D eigenvalue weighted by Crippen LogP contribution is 2.18. The van der Waals surface area contributed by atoms with Crippen LogP contribution in [0.1, 0.15) is 32.8 Å². The molecule has 0 saturated carbocycles. The topological polar surface area (TPSA) is 47.6 Å². The van der Waals surface area contributed by atoms with Gasteiger partial charge in [0.25, 0.3) is 5.91 Å². The van der Waals surface area contributed by atoms with Gasteiger partial charge in [-0.15, -0.1) is 0 Å². The first kappa shape index (κ1) is 18.8. The summed E-state index contributed by atoms with van der Waals surface area (Å²) in [6, 6.07) is 15.1. The smallest absolute Gasteiger partial charge is 0.265 e. The Hall–Kier alpha value is -2.49. The number of carbonyl (C=O) groups is 1. The average Bonchev–Trinajstić information content (AvgIpc) is 2.56. The summed E-state index contributed by atoms with van der Waals surface area (Å²) in [5.41, 5.74) is 1.82. The van der Waals surface area contributed by atoms with Gasteiger partial charge in [0.1, 0.15) is 11.5 Å². The van der Waals surface area contributed by atoms with Crippen molar-refractivity contribution in [2.45, 2.75) is 40.2 Å². The average molecular weight is 341 g/mol. The van der Waals surface area contributed by atoms with E-state index in [0.29, 0.717) is 18.3 Å². The third-order valence-electron chi connectivity index (χ3n) is 3.76. The predicted molar refractivity (Wildman–Crippen MR) is 101 cm³/mol. The van der Waals surface area contributed by atoms with Gasteiger partial charge < -0.3 is 14.8 Å². The van der Waals surface area contributed by atoms with Gasteiger partial charge in [-0.1, -0.05) is 26.0 Å². The summed E-state index contributed by atoms with van der Waals surface area (Å²) in [5, 5.41) is 2.86. The van der Waals surface area contributed by atoms with Crippen LogP contribution in [0.5, 0.6) is 11.5 Å². The lowest BCUT2D eigenvalue weighted by atomic mass is 10.1. The van der Waals surface area contributed by atoms with E-state index in [0.717, 1.165) is 23.4 Å². The second-order valence-electron chi connectivity index (χ2n) is 6.62. The van der Waals surface area contributed by atoms with Crippen molar-refractivity contribution >= 4 is 11.6 Å². The van der Waals surface area contributed by atoms with Crippen LogP contribution in [0.2, 0.25) is 0 Å². The number of carbonyl (C=O) groups excluding carboxylic acids is 1. The van der Waals surface area contributed by atoms with E-state index in [2.05, 4.69) is 19.2 Å². The van der Waals surface area contributed by atoms with E-state index >= 15 is 0 Å². The molecule has 0 aliphatic heterocycles. The summed E-state index contributed by atoms with van der Waals surface area (Å²) in [6.07, 6.45) is 0.440. The minimum absolute atomic E-state index is 0.185. The second-order valence-corrected chi connectivity index (χ2v) is 6.62. The maximum Gasteiger partial charge on any atom is 0.265 e. The van der Waals surface area contributed by atoms with Crippen molar-refractivity contribution in [3.63, 3.8) is 0 Å². The van der Waals surface area contributed by atoms with Crippen LogP contribution in [0.25, 0.3) is 0 Å². The fraction of sp³-hybridized carbons (Fsp3) is 0.381. The molecule has 0 heterocycles. The lowest BCUT2D eigenvalue weighted by Crippen LogP contribution is -2.30. The van der Waals surface area contributed by atoms with Crippen molar-refractivity contribution in [2.24, 2.45) is 5.92 Å². The molecule has 0 aliphatic carbocycles. The summed E-state index contributed by atoms with van der Waals surface area (Å²) < 4.78 is 11.4. The second kappa shape index (κ2) is 9.11. The van der Waals surface area contributed by atoms with Crippen LogP contribution in [0, 0.1) is 12.8 Å². The summed E-state index contributed by atoms with van der Waals surface area (Å²) in [6.45, 7) is 8.76. The van der Waals surface area contributed by atoms with E-state index in [-0.39, 0.29) is 5.91 Å². The number of anilines is 1. The molecule has 2 aromatic rings. The van der Waals surface area contributed by atoms with Gasteiger partial charge >= 0.3 is 0 Å². The summed E-state index contributed by atoms with van der Waals surface area (Å²) >= 11 is 0. The molecule has 4 heteroatoms. The molecule has 0 aliphatic rings. The Balaban J connectivity index is 1.85. The number of rotatable bonds is 8. The largest absolute Gasteiger partial charge is 0.494 e. The summed E-state index contributed by atoms with van der Waals surface area (Å²) in [7, 11) is 0. The molecule has 0 saturated heterocycles. The zero-order chi connectivity index (χ0) is 18.2. The van der Waals surface area contributed by atoms with E-state index in [1.807, 2.05) is 55.5 Å². The summed E-state index contributed by atoms with van der Waals surface area (Å²) in [5.74, 6) is 1.93. The van der Waals surface area contributed by atoms with E-state index in [9.17, 15) is 4.79 Å². The van der Waals surface area contributed by atoms with Gasteiger partial charge in [0.15, 0.2) is 6.10 Å². The van der Waals surface area contributed by atoms with E-state index in [1.165, 1.54) is 0 Å². The number of amides is 1. The number of aryl methyl sites for hydroxylation is 1. The quantitative estimate of drug-likeness (QED) is 0.748. The van der Waals surface area contributed by atoms with Gasteiger partial charge in [-0.25, -0.2) is 0 Å². The monoisotopic (exact) mass is 341 g/mol. The third-order valence-corrected chi connectivity index (χ3v) is 3.76. The number of hydrogen-bond acceptors (Lipinski definition) is 3. The molecule has 0 bridgehead atoms. The minimum atomic E-state index is -0.580. The molecule has 2 aromatic carbocycles. The molecular weight excluding hydrogens is 314 g/mol. The van der Waals surface area contributed by atoms with Crippen LogP contribution >= 0.6 is 0 Å². The first-order valence-corrected chi connectivity index (χ1v) is 8.71. The zero-order valence-corrected chi connectivity index (χ0v) is 15.4. The van der Waals surface area contributed by atoms with Gasteiger partial charge in [-0.2, -0.15) is 0 Å². The number of ether oxygens (including phenoxy) is 2. The maximum absolute atomic E-state index is 12.3. The molecule has 0 spiro atoms. The standard InChI is InChI=1S/C21H27NO3/c1-15(2)12-13-24-19-10-8-18(9-11-19)22-21(23)17(4)25-20-7-5-6-16(3)14-20/h5-11,14-15,17H,12-13H2,1-4H3,(H,22,23). The molecule has 25 heavy (non-hydrogen) atoms. The first-order valence-electron chi connectivity index (χ1n) is 8.71. The molecule has 1 unspecified atom stereocenters. The molecule has 1 atom stereocenters. The van der Waals surface area contributed by atoms with Gasteiger partial charge in [-0.05, 0) is 68.1 Å². The van der Waals surface area contributed by atoms with E-state index in [4.69, 9.17) is 9.47 Å². The minimum Gasteiger partial charge on any atom is -0.494 e. The molecule has 0 radical (unpaired) electrons. The van der Waals surface area contributed by atoms with Crippen LogP contribution in [0.4, 0.5) is 5.69 Å². The van der Waals surface area contributed by atoms with Gasteiger partial charge in [0.05, 0.1) is 6.61 Å². The van der Waals surface area contributed by atoms with Gasteiger partial charge in [0, 0.05) is 5.69 Å². The molecule has 1 N–H and O–H groups in total. The third kappa shape index (κ3) is 6.49. The van der Waals surface area contributed by atoms with Crippen molar-refractivity contribution < 1.29 is 14.3 Å². The highest BCUT2D eigenvalue weighted by atomic mass is 16.5. The molecule has 134 valence electrons. The van der Waals surface area contributed by atoms with Crippen LogP contribution in [0.15, 0.2) is 48.5 Å². The van der Waals surface area contributed by atoms with Crippen molar-refractivity contribution in [1.82, 2.24) is 0 Å². The summed E-state index contributed by atoms with van der Waals surface area (Å²) in [4.78, 5) is 12.3. The van der Waals surface area contributed by atoms with Crippen molar-refractivity contribution in [3.8, 4) is 11.5 Å².